The Morgan fingerprint density at radius 3 is 2.68 bits per heavy atom. The summed E-state index contributed by atoms with van der Waals surface area (Å²) in [7, 11) is -1.38. The molecule has 0 aromatic carbocycles. The Hall–Kier alpha value is -1.76. The van der Waals surface area contributed by atoms with E-state index in [-0.39, 0.29) is 11.5 Å². The molecule has 0 bridgehead atoms. The van der Waals surface area contributed by atoms with Crippen molar-refractivity contribution in [3.05, 3.63) is 29.6 Å². The van der Waals surface area contributed by atoms with Gasteiger partial charge in [-0.25, -0.2) is 4.79 Å². The summed E-state index contributed by atoms with van der Waals surface area (Å²) in [6, 6.07) is 0.718. The lowest BCUT2D eigenvalue weighted by Gasteiger charge is -2.12. The van der Waals surface area contributed by atoms with Gasteiger partial charge in [0.25, 0.3) is 0 Å². The van der Waals surface area contributed by atoms with E-state index in [4.69, 9.17) is 5.11 Å². The van der Waals surface area contributed by atoms with E-state index < -0.39 is 28.7 Å². The number of aryl methyl sites for hydroxylation is 1. The smallest absolute Gasteiger partial charge is 0.327 e. The van der Waals surface area contributed by atoms with Gasteiger partial charge < -0.3 is 10.4 Å². The van der Waals surface area contributed by atoms with Crippen molar-refractivity contribution in [1.29, 1.82) is 0 Å². The number of amides is 1. The van der Waals surface area contributed by atoms with Gasteiger partial charge in [0, 0.05) is 30.1 Å². The zero-order valence-electron chi connectivity index (χ0n) is 10.8. The monoisotopic (exact) mass is 284 g/mol. The van der Waals surface area contributed by atoms with Crippen molar-refractivity contribution in [2.75, 3.05) is 5.75 Å². The first-order valence-electron chi connectivity index (χ1n) is 5.64. The van der Waals surface area contributed by atoms with Gasteiger partial charge in [-0.1, -0.05) is 6.07 Å². The van der Waals surface area contributed by atoms with E-state index in [0.717, 1.165) is 11.1 Å². The van der Waals surface area contributed by atoms with Gasteiger partial charge in [-0.2, -0.15) is 0 Å². The first kappa shape index (κ1) is 15.3. The molecule has 0 saturated heterocycles. The third kappa shape index (κ3) is 5.60. The van der Waals surface area contributed by atoms with E-state index in [2.05, 4.69) is 10.3 Å². The summed E-state index contributed by atoms with van der Waals surface area (Å²) in [6.07, 6.45) is 3.28. The van der Waals surface area contributed by atoms with Crippen LogP contribution < -0.4 is 5.32 Å². The topological polar surface area (TPSA) is 96.4 Å². The highest BCUT2D eigenvalue weighted by atomic mass is 32.2. The van der Waals surface area contributed by atoms with E-state index in [1.54, 1.807) is 12.4 Å². The molecule has 0 spiro atoms. The molecular formula is C12H16N2O4S. The van der Waals surface area contributed by atoms with Gasteiger partial charge in [-0.3, -0.25) is 14.0 Å². The molecule has 19 heavy (non-hydrogen) atoms. The molecule has 0 aliphatic carbocycles. The number of nitrogens with zero attached hydrogens (tertiary/aromatic N) is 1. The minimum atomic E-state index is -1.38. The molecule has 7 heteroatoms. The molecule has 2 atom stereocenters. The minimum absolute atomic E-state index is 0.122. The molecule has 0 fully saturated rings. The normalized spacial score (nSPS) is 13.6. The van der Waals surface area contributed by atoms with E-state index in [0.29, 0.717) is 0 Å². The van der Waals surface area contributed by atoms with Crippen LogP contribution in [0.1, 0.15) is 18.1 Å². The number of carbonyl (C=O) groups is 2. The summed E-state index contributed by atoms with van der Waals surface area (Å²) < 4.78 is 11.9. The van der Waals surface area contributed by atoms with Crippen LogP contribution in [-0.2, 0) is 26.1 Å². The molecule has 1 aromatic rings. The third-order valence-electron chi connectivity index (χ3n) is 2.29. The maximum atomic E-state index is 11.9. The Morgan fingerprint density at radius 1 is 1.47 bits per heavy atom. The lowest BCUT2D eigenvalue weighted by atomic mass is 10.2. The summed E-state index contributed by atoms with van der Waals surface area (Å²) in [5.74, 6) is -1.55. The number of carboxylic acids is 1. The molecular weight excluding hydrogens is 268 g/mol. The quantitative estimate of drug-likeness (QED) is 0.779. The number of aromatic nitrogens is 1. The number of pyridine rings is 1. The van der Waals surface area contributed by atoms with Crippen molar-refractivity contribution in [3.63, 3.8) is 0 Å². The van der Waals surface area contributed by atoms with Crippen LogP contribution >= 0.6 is 0 Å². The fourth-order valence-corrected chi connectivity index (χ4v) is 2.79. The molecule has 6 nitrogen and oxygen atoms in total. The van der Waals surface area contributed by atoms with E-state index in [1.165, 1.54) is 6.92 Å². The lowest BCUT2D eigenvalue weighted by molar-refractivity contribution is -0.140. The van der Waals surface area contributed by atoms with Gasteiger partial charge in [0.05, 0.1) is 11.5 Å². The number of aliphatic carboxylic acids is 1. The van der Waals surface area contributed by atoms with Gasteiger partial charge in [-0.05, 0) is 18.1 Å². The summed E-state index contributed by atoms with van der Waals surface area (Å²) in [5.41, 5.74) is 1.73. The number of carboxylic acid groups (broad SMARTS) is 1. The molecule has 1 rings (SSSR count). The van der Waals surface area contributed by atoms with Gasteiger partial charge in [0.2, 0.25) is 5.91 Å². The standard InChI is InChI=1S/C12H16N2O4S/c1-8-3-10(5-13-4-8)6-19(18)7-11(12(16)17)14-9(2)15/h3-5,11H,6-7H2,1-2H3,(H,14,15)(H,16,17). The second kappa shape index (κ2) is 6.98. The zero-order valence-corrected chi connectivity index (χ0v) is 11.6. The zero-order chi connectivity index (χ0) is 14.4. The predicted octanol–water partition coefficient (Wildman–Crippen LogP) is 0.228. The SMILES string of the molecule is CC(=O)NC(CS(=O)Cc1cncc(C)c1)C(=O)O. The van der Waals surface area contributed by atoms with Crippen LogP contribution in [0.15, 0.2) is 18.5 Å². The molecule has 0 saturated carbocycles. The highest BCUT2D eigenvalue weighted by Gasteiger charge is 2.21. The van der Waals surface area contributed by atoms with Crippen molar-refractivity contribution in [2.45, 2.75) is 25.6 Å². The molecule has 2 N–H and O–H groups in total. The van der Waals surface area contributed by atoms with Crippen LogP contribution in [0.3, 0.4) is 0 Å². The van der Waals surface area contributed by atoms with Crippen molar-refractivity contribution < 1.29 is 18.9 Å². The summed E-state index contributed by atoms with van der Waals surface area (Å²) >= 11 is 0. The van der Waals surface area contributed by atoms with Crippen LogP contribution in [0.4, 0.5) is 0 Å². The summed E-state index contributed by atoms with van der Waals surface area (Å²) in [5, 5.41) is 11.2. The highest BCUT2D eigenvalue weighted by Crippen LogP contribution is 2.05. The fourth-order valence-electron chi connectivity index (χ4n) is 1.55. The summed E-state index contributed by atoms with van der Waals surface area (Å²) in [4.78, 5) is 25.8. The maximum absolute atomic E-state index is 11.9. The van der Waals surface area contributed by atoms with E-state index in [9.17, 15) is 13.8 Å². The second-order valence-electron chi connectivity index (χ2n) is 4.21. The first-order valence-corrected chi connectivity index (χ1v) is 7.12. The van der Waals surface area contributed by atoms with Crippen molar-refractivity contribution in [3.8, 4) is 0 Å². The molecule has 1 amide bonds. The van der Waals surface area contributed by atoms with Crippen LogP contribution in [0.25, 0.3) is 0 Å². The van der Waals surface area contributed by atoms with Gasteiger partial charge in [0.15, 0.2) is 0 Å². The van der Waals surface area contributed by atoms with Crippen LogP contribution in [0.5, 0.6) is 0 Å². The molecule has 104 valence electrons. The molecule has 0 aliphatic heterocycles. The average Bonchev–Trinajstić information content (AvgIpc) is 2.27. The largest absolute Gasteiger partial charge is 0.480 e. The van der Waals surface area contributed by atoms with Crippen LogP contribution in [0, 0.1) is 6.92 Å². The van der Waals surface area contributed by atoms with Gasteiger partial charge in [0.1, 0.15) is 6.04 Å². The fraction of sp³-hybridized carbons (Fsp3) is 0.417. The number of hydrogen-bond donors (Lipinski definition) is 2. The maximum Gasteiger partial charge on any atom is 0.327 e. The van der Waals surface area contributed by atoms with E-state index in [1.807, 2.05) is 13.0 Å². The van der Waals surface area contributed by atoms with Crippen molar-refractivity contribution in [1.82, 2.24) is 10.3 Å². The molecule has 2 unspecified atom stereocenters. The second-order valence-corrected chi connectivity index (χ2v) is 5.71. The number of hydrogen-bond acceptors (Lipinski definition) is 4. The van der Waals surface area contributed by atoms with Gasteiger partial charge in [-0.15, -0.1) is 0 Å². The first-order chi connectivity index (χ1) is 8.88. The lowest BCUT2D eigenvalue weighted by Crippen LogP contribution is -2.43. The molecule has 0 aliphatic rings. The van der Waals surface area contributed by atoms with E-state index >= 15 is 0 Å². The molecule has 1 aromatic heterocycles. The minimum Gasteiger partial charge on any atom is -0.480 e. The Kier molecular flexibility index (Phi) is 5.62. The number of carbonyl (C=O) groups excluding carboxylic acids is 1. The van der Waals surface area contributed by atoms with Crippen molar-refractivity contribution >= 4 is 22.7 Å². The van der Waals surface area contributed by atoms with Crippen molar-refractivity contribution in [2.24, 2.45) is 0 Å². The van der Waals surface area contributed by atoms with Crippen LogP contribution in [0.2, 0.25) is 0 Å². The molecule has 0 radical (unpaired) electrons. The number of rotatable bonds is 6. The van der Waals surface area contributed by atoms with Gasteiger partial charge >= 0.3 is 5.97 Å². The Labute approximate surface area is 113 Å². The Balaban J connectivity index is 2.62. The number of nitrogens with one attached hydrogen (secondary N) is 1. The third-order valence-corrected chi connectivity index (χ3v) is 3.65. The predicted molar refractivity (Wildman–Crippen MR) is 70.9 cm³/mol. The average molecular weight is 284 g/mol. The Bertz CT molecular complexity index is 504. The Morgan fingerprint density at radius 2 is 2.16 bits per heavy atom. The summed E-state index contributed by atoms with van der Waals surface area (Å²) in [6.45, 7) is 3.10. The highest BCUT2D eigenvalue weighted by molar-refractivity contribution is 7.84. The molecule has 1 heterocycles. The van der Waals surface area contributed by atoms with Crippen LogP contribution in [-0.4, -0.2) is 38.0 Å².